The van der Waals surface area contributed by atoms with Gasteiger partial charge in [-0.25, -0.2) is 0 Å². The highest BCUT2D eigenvalue weighted by atomic mass is 16.5. The van der Waals surface area contributed by atoms with Crippen molar-refractivity contribution in [2.75, 3.05) is 21.3 Å². The molecule has 0 fully saturated rings. The molecule has 0 saturated heterocycles. The first-order valence-electron chi connectivity index (χ1n) is 7.97. The highest BCUT2D eigenvalue weighted by molar-refractivity contribution is 6.08. The van der Waals surface area contributed by atoms with Crippen molar-refractivity contribution in [1.29, 1.82) is 0 Å². The van der Waals surface area contributed by atoms with Gasteiger partial charge in [-0.1, -0.05) is 12.1 Å². The maximum absolute atomic E-state index is 12.3. The van der Waals surface area contributed by atoms with Crippen LogP contribution in [0.2, 0.25) is 0 Å². The molecule has 0 saturated carbocycles. The van der Waals surface area contributed by atoms with Crippen molar-refractivity contribution in [1.82, 2.24) is 0 Å². The molecule has 2 rings (SSSR count). The van der Waals surface area contributed by atoms with E-state index in [0.29, 0.717) is 16.9 Å². The number of phenols is 1. The van der Waals surface area contributed by atoms with Gasteiger partial charge >= 0.3 is 5.97 Å². The Morgan fingerprint density at radius 2 is 1.70 bits per heavy atom. The van der Waals surface area contributed by atoms with Gasteiger partial charge in [0, 0.05) is 5.56 Å². The first kappa shape index (κ1) is 19.8. The summed E-state index contributed by atoms with van der Waals surface area (Å²) in [5, 5.41) is 18.9. The third-order valence-electron chi connectivity index (χ3n) is 3.87. The lowest BCUT2D eigenvalue weighted by atomic mass is 10.0. The number of benzene rings is 2. The van der Waals surface area contributed by atoms with Gasteiger partial charge < -0.3 is 24.4 Å². The summed E-state index contributed by atoms with van der Waals surface area (Å²) in [5.74, 6) is -0.782. The molecule has 7 heteroatoms. The molecule has 142 valence electrons. The summed E-state index contributed by atoms with van der Waals surface area (Å²) in [6, 6.07) is 7.77. The van der Waals surface area contributed by atoms with E-state index < -0.39 is 11.8 Å². The SMILES string of the molecule is COc1cc(C=CC(=O)c2ccccc2O)c(OC)c(OC)c1CC(=O)O. The zero-order valence-corrected chi connectivity index (χ0v) is 15.2. The topological polar surface area (TPSA) is 102 Å². The molecule has 0 unspecified atom stereocenters. The molecule has 0 aliphatic carbocycles. The highest BCUT2D eigenvalue weighted by Crippen LogP contribution is 2.41. The number of allylic oxidation sites excluding steroid dienone is 1. The Bertz CT molecular complexity index is 884. The number of aromatic hydroxyl groups is 1. The van der Waals surface area contributed by atoms with Crippen LogP contribution in [-0.2, 0) is 11.2 Å². The minimum absolute atomic E-state index is 0.119. The third-order valence-corrected chi connectivity index (χ3v) is 3.87. The van der Waals surface area contributed by atoms with Crippen molar-refractivity contribution in [2.24, 2.45) is 0 Å². The second-order valence-electron chi connectivity index (χ2n) is 5.50. The Kier molecular flexibility index (Phi) is 6.43. The molecule has 0 aromatic heterocycles. The number of carboxylic acids is 1. The summed E-state index contributed by atoms with van der Waals surface area (Å²) in [6.07, 6.45) is 2.45. The quantitative estimate of drug-likeness (QED) is 0.542. The molecule has 7 nitrogen and oxygen atoms in total. The smallest absolute Gasteiger partial charge is 0.308 e. The van der Waals surface area contributed by atoms with Crippen molar-refractivity contribution in [3.8, 4) is 23.0 Å². The molecule has 0 aliphatic rings. The number of aliphatic carboxylic acids is 1. The lowest BCUT2D eigenvalue weighted by molar-refractivity contribution is -0.136. The Morgan fingerprint density at radius 1 is 1.04 bits per heavy atom. The molecule has 0 aliphatic heterocycles. The number of carboxylic acid groups (broad SMARTS) is 1. The fourth-order valence-electron chi connectivity index (χ4n) is 2.66. The number of carbonyl (C=O) groups is 2. The zero-order chi connectivity index (χ0) is 20.0. The number of ketones is 1. The van der Waals surface area contributed by atoms with Crippen LogP contribution in [0.15, 0.2) is 36.4 Å². The number of phenolic OH excluding ortho intramolecular Hbond substituents is 1. The summed E-state index contributed by atoms with van der Waals surface area (Å²) >= 11 is 0. The summed E-state index contributed by atoms with van der Waals surface area (Å²) in [4.78, 5) is 23.5. The van der Waals surface area contributed by atoms with Crippen LogP contribution in [0, 0.1) is 0 Å². The largest absolute Gasteiger partial charge is 0.507 e. The molecule has 0 radical (unpaired) electrons. The van der Waals surface area contributed by atoms with E-state index in [9.17, 15) is 14.7 Å². The van der Waals surface area contributed by atoms with Crippen molar-refractivity contribution in [2.45, 2.75) is 6.42 Å². The van der Waals surface area contributed by atoms with Gasteiger partial charge in [0.25, 0.3) is 0 Å². The van der Waals surface area contributed by atoms with E-state index in [4.69, 9.17) is 19.3 Å². The van der Waals surface area contributed by atoms with Gasteiger partial charge in [-0.2, -0.15) is 0 Å². The molecule has 0 heterocycles. The number of methoxy groups -OCH3 is 3. The van der Waals surface area contributed by atoms with Gasteiger partial charge in [0.2, 0.25) is 0 Å². The standard InChI is InChI=1S/C20H20O7/c1-25-17-10-12(8-9-16(22)13-6-4-5-7-15(13)21)19(26-2)20(27-3)14(17)11-18(23)24/h4-10,21H,11H2,1-3H3,(H,23,24). The lowest BCUT2D eigenvalue weighted by Gasteiger charge is -2.17. The summed E-state index contributed by atoms with van der Waals surface area (Å²) < 4.78 is 16.0. The Labute approximate surface area is 156 Å². The van der Waals surface area contributed by atoms with E-state index in [1.54, 1.807) is 18.2 Å². The van der Waals surface area contributed by atoms with Gasteiger partial charge in [-0.3, -0.25) is 9.59 Å². The molecule has 0 bridgehead atoms. The van der Waals surface area contributed by atoms with Crippen LogP contribution in [0.1, 0.15) is 21.5 Å². The number of hydrogen-bond donors (Lipinski definition) is 2. The maximum Gasteiger partial charge on any atom is 0.308 e. The van der Waals surface area contributed by atoms with E-state index >= 15 is 0 Å². The van der Waals surface area contributed by atoms with E-state index in [0.717, 1.165) is 0 Å². The first-order chi connectivity index (χ1) is 12.9. The fourth-order valence-corrected chi connectivity index (χ4v) is 2.66. The van der Waals surface area contributed by atoms with Crippen LogP contribution in [-0.4, -0.2) is 43.3 Å². The minimum atomic E-state index is -1.05. The normalized spacial score (nSPS) is 10.6. The van der Waals surface area contributed by atoms with Crippen LogP contribution in [0.4, 0.5) is 0 Å². The van der Waals surface area contributed by atoms with Crippen LogP contribution in [0.3, 0.4) is 0 Å². The van der Waals surface area contributed by atoms with Crippen molar-refractivity contribution >= 4 is 17.8 Å². The molecule has 2 aromatic rings. The molecule has 2 aromatic carbocycles. The van der Waals surface area contributed by atoms with Gasteiger partial charge in [-0.05, 0) is 30.4 Å². The molecule has 2 N–H and O–H groups in total. The summed E-state index contributed by atoms with van der Waals surface area (Å²) in [5.41, 5.74) is 0.951. The Balaban J connectivity index is 2.51. The fraction of sp³-hybridized carbons (Fsp3) is 0.200. The minimum Gasteiger partial charge on any atom is -0.507 e. The predicted octanol–water partition coefficient (Wildman–Crippen LogP) is 2.94. The van der Waals surface area contributed by atoms with Crippen LogP contribution >= 0.6 is 0 Å². The van der Waals surface area contributed by atoms with Gasteiger partial charge in [0.15, 0.2) is 17.3 Å². The second kappa shape index (κ2) is 8.75. The van der Waals surface area contributed by atoms with Gasteiger partial charge in [0.05, 0.1) is 38.9 Å². The number of rotatable bonds is 8. The van der Waals surface area contributed by atoms with Crippen LogP contribution < -0.4 is 14.2 Å². The van der Waals surface area contributed by atoms with Gasteiger partial charge in [0.1, 0.15) is 11.5 Å². The molecule has 27 heavy (non-hydrogen) atoms. The molecule has 0 spiro atoms. The average Bonchev–Trinajstić information content (AvgIpc) is 2.65. The summed E-state index contributed by atoms with van der Waals surface area (Å²) in [7, 11) is 4.22. The zero-order valence-electron chi connectivity index (χ0n) is 15.2. The van der Waals surface area contributed by atoms with E-state index in [1.807, 2.05) is 0 Å². The first-order valence-corrected chi connectivity index (χ1v) is 7.97. The molecule has 0 atom stereocenters. The van der Waals surface area contributed by atoms with Crippen molar-refractivity contribution in [3.05, 3.63) is 53.1 Å². The van der Waals surface area contributed by atoms with E-state index in [2.05, 4.69) is 0 Å². The van der Waals surface area contributed by atoms with Crippen molar-refractivity contribution in [3.63, 3.8) is 0 Å². The Morgan fingerprint density at radius 3 is 2.26 bits per heavy atom. The number of hydrogen-bond acceptors (Lipinski definition) is 6. The lowest BCUT2D eigenvalue weighted by Crippen LogP contribution is -2.07. The van der Waals surface area contributed by atoms with Crippen LogP contribution in [0.5, 0.6) is 23.0 Å². The molecular weight excluding hydrogens is 352 g/mol. The third kappa shape index (κ3) is 4.38. The second-order valence-corrected chi connectivity index (χ2v) is 5.50. The average molecular weight is 372 g/mol. The number of para-hydroxylation sites is 1. The number of carbonyl (C=O) groups excluding carboxylic acids is 1. The monoisotopic (exact) mass is 372 g/mol. The Hall–Kier alpha value is -3.48. The van der Waals surface area contributed by atoms with Crippen molar-refractivity contribution < 1.29 is 34.0 Å². The molecular formula is C20H20O7. The van der Waals surface area contributed by atoms with E-state index in [1.165, 1.54) is 45.6 Å². The number of ether oxygens (including phenoxy) is 3. The molecule has 0 amide bonds. The highest BCUT2D eigenvalue weighted by Gasteiger charge is 2.21. The summed E-state index contributed by atoms with van der Waals surface area (Å²) in [6.45, 7) is 0. The van der Waals surface area contributed by atoms with E-state index in [-0.39, 0.29) is 29.2 Å². The van der Waals surface area contributed by atoms with Crippen LogP contribution in [0.25, 0.3) is 6.08 Å². The maximum atomic E-state index is 12.3. The predicted molar refractivity (Wildman–Crippen MR) is 98.9 cm³/mol. The van der Waals surface area contributed by atoms with Gasteiger partial charge in [-0.15, -0.1) is 0 Å².